The Balaban J connectivity index is 2.06. The van der Waals surface area contributed by atoms with Gasteiger partial charge in [0.15, 0.2) is 0 Å². The highest BCUT2D eigenvalue weighted by Crippen LogP contribution is 2.28. The van der Waals surface area contributed by atoms with E-state index in [4.69, 9.17) is 0 Å². The molecule has 1 nitrogen and oxygen atoms in total. The molecule has 2 aromatic rings. The SMILES string of the molecule is CCC(CNC(C)(C)C)Cc1csc2ccccc12. The van der Waals surface area contributed by atoms with E-state index in [0.717, 1.165) is 12.5 Å². The fourth-order valence-electron chi connectivity index (χ4n) is 2.31. The summed E-state index contributed by atoms with van der Waals surface area (Å²) in [7, 11) is 0. The van der Waals surface area contributed by atoms with Crippen LogP contribution in [0.2, 0.25) is 0 Å². The molecular weight excluding hydrogens is 250 g/mol. The van der Waals surface area contributed by atoms with Crippen LogP contribution in [0.5, 0.6) is 0 Å². The first-order valence-electron chi connectivity index (χ1n) is 7.19. The van der Waals surface area contributed by atoms with E-state index < -0.39 is 0 Å². The molecule has 0 aliphatic rings. The number of nitrogens with one attached hydrogen (secondary N) is 1. The molecule has 0 saturated heterocycles. The largest absolute Gasteiger partial charge is 0.312 e. The quantitative estimate of drug-likeness (QED) is 0.822. The number of hydrogen-bond donors (Lipinski definition) is 1. The molecule has 0 radical (unpaired) electrons. The first-order valence-corrected chi connectivity index (χ1v) is 8.07. The lowest BCUT2D eigenvalue weighted by atomic mass is 9.95. The van der Waals surface area contributed by atoms with E-state index in [0.29, 0.717) is 0 Å². The van der Waals surface area contributed by atoms with Crippen molar-refractivity contribution < 1.29 is 0 Å². The summed E-state index contributed by atoms with van der Waals surface area (Å²) in [6, 6.07) is 8.75. The van der Waals surface area contributed by atoms with Crippen LogP contribution >= 0.6 is 11.3 Å². The molecule has 0 bridgehead atoms. The van der Waals surface area contributed by atoms with Gasteiger partial charge in [-0.2, -0.15) is 0 Å². The molecule has 0 spiro atoms. The highest BCUT2D eigenvalue weighted by atomic mass is 32.1. The fourth-order valence-corrected chi connectivity index (χ4v) is 3.29. The highest BCUT2D eigenvalue weighted by Gasteiger charge is 2.15. The molecule has 0 fully saturated rings. The average Bonchev–Trinajstić information content (AvgIpc) is 2.77. The Labute approximate surface area is 121 Å². The predicted octanol–water partition coefficient (Wildman–Crippen LogP) is 4.86. The van der Waals surface area contributed by atoms with Crippen molar-refractivity contribution in [3.63, 3.8) is 0 Å². The Bertz CT molecular complexity index is 521. The minimum Gasteiger partial charge on any atom is -0.312 e. The summed E-state index contributed by atoms with van der Waals surface area (Å²) >= 11 is 1.87. The van der Waals surface area contributed by atoms with Crippen LogP contribution in [-0.4, -0.2) is 12.1 Å². The molecule has 2 rings (SSSR count). The molecule has 1 aromatic heterocycles. The van der Waals surface area contributed by atoms with Crippen LogP contribution < -0.4 is 5.32 Å². The van der Waals surface area contributed by atoms with Gasteiger partial charge >= 0.3 is 0 Å². The standard InChI is InChI=1S/C17H25NS/c1-5-13(11-18-17(2,3)4)10-14-12-19-16-9-7-6-8-15(14)16/h6-9,12-13,18H,5,10-11H2,1-4H3. The number of thiophene rings is 1. The van der Waals surface area contributed by atoms with Crippen molar-refractivity contribution in [3.05, 3.63) is 35.2 Å². The minimum atomic E-state index is 0.212. The molecule has 1 aromatic carbocycles. The fraction of sp³-hybridized carbons (Fsp3) is 0.529. The third-order valence-corrected chi connectivity index (χ3v) is 4.58. The molecule has 0 aliphatic heterocycles. The van der Waals surface area contributed by atoms with Gasteiger partial charge in [-0.05, 0) is 62.1 Å². The average molecular weight is 275 g/mol. The van der Waals surface area contributed by atoms with Crippen LogP contribution in [0.1, 0.15) is 39.7 Å². The van der Waals surface area contributed by atoms with Crippen molar-refractivity contribution in [1.29, 1.82) is 0 Å². The smallest absolute Gasteiger partial charge is 0.0345 e. The van der Waals surface area contributed by atoms with Crippen LogP contribution in [0.25, 0.3) is 10.1 Å². The summed E-state index contributed by atoms with van der Waals surface area (Å²) in [4.78, 5) is 0. The van der Waals surface area contributed by atoms with Crippen molar-refractivity contribution in [1.82, 2.24) is 5.32 Å². The van der Waals surface area contributed by atoms with Gasteiger partial charge in [0, 0.05) is 10.2 Å². The van der Waals surface area contributed by atoms with Crippen LogP contribution in [-0.2, 0) is 6.42 Å². The summed E-state index contributed by atoms with van der Waals surface area (Å²) in [6.45, 7) is 10.1. The third kappa shape index (κ3) is 4.05. The monoisotopic (exact) mass is 275 g/mol. The lowest BCUT2D eigenvalue weighted by molar-refractivity contribution is 0.363. The number of hydrogen-bond acceptors (Lipinski definition) is 2. The topological polar surface area (TPSA) is 12.0 Å². The van der Waals surface area contributed by atoms with Gasteiger partial charge in [-0.15, -0.1) is 11.3 Å². The minimum absolute atomic E-state index is 0.212. The van der Waals surface area contributed by atoms with E-state index in [1.807, 2.05) is 11.3 Å². The van der Waals surface area contributed by atoms with Gasteiger partial charge in [0.25, 0.3) is 0 Å². The molecule has 1 heterocycles. The molecule has 1 atom stereocenters. The zero-order valence-corrected chi connectivity index (χ0v) is 13.3. The van der Waals surface area contributed by atoms with Crippen molar-refractivity contribution in [2.45, 2.75) is 46.1 Å². The second kappa shape index (κ2) is 6.06. The first-order chi connectivity index (χ1) is 8.99. The number of fused-ring (bicyclic) bond motifs is 1. The predicted molar refractivity (Wildman–Crippen MR) is 87.1 cm³/mol. The zero-order valence-electron chi connectivity index (χ0n) is 12.5. The lowest BCUT2D eigenvalue weighted by Crippen LogP contribution is -2.39. The van der Waals surface area contributed by atoms with E-state index in [2.05, 4.69) is 62.7 Å². The maximum Gasteiger partial charge on any atom is 0.0345 e. The normalized spacial score (nSPS) is 13.9. The van der Waals surface area contributed by atoms with Gasteiger partial charge in [0.05, 0.1) is 0 Å². The molecule has 2 heteroatoms. The van der Waals surface area contributed by atoms with Gasteiger partial charge in [-0.3, -0.25) is 0 Å². The summed E-state index contributed by atoms with van der Waals surface area (Å²) in [6.07, 6.45) is 2.41. The molecule has 1 N–H and O–H groups in total. The van der Waals surface area contributed by atoms with Crippen molar-refractivity contribution >= 4 is 21.4 Å². The summed E-state index contributed by atoms with van der Waals surface area (Å²) in [5.41, 5.74) is 1.73. The molecule has 19 heavy (non-hydrogen) atoms. The molecule has 0 amide bonds. The first kappa shape index (κ1) is 14.5. The Kier molecular flexibility index (Phi) is 4.64. The van der Waals surface area contributed by atoms with Gasteiger partial charge in [-0.1, -0.05) is 31.5 Å². The molecule has 0 aliphatic carbocycles. The second-order valence-corrected chi connectivity index (χ2v) is 7.28. The van der Waals surface area contributed by atoms with Crippen LogP contribution in [0.4, 0.5) is 0 Å². The van der Waals surface area contributed by atoms with Gasteiger partial charge in [-0.25, -0.2) is 0 Å². The Hall–Kier alpha value is -0.860. The molecular formula is C17H25NS. The number of rotatable bonds is 5. The van der Waals surface area contributed by atoms with Gasteiger partial charge in [0.2, 0.25) is 0 Å². The lowest BCUT2D eigenvalue weighted by Gasteiger charge is -2.24. The molecule has 0 saturated carbocycles. The molecule has 104 valence electrons. The second-order valence-electron chi connectivity index (χ2n) is 6.37. The van der Waals surface area contributed by atoms with Crippen molar-refractivity contribution in [2.24, 2.45) is 5.92 Å². The maximum atomic E-state index is 3.64. The van der Waals surface area contributed by atoms with Gasteiger partial charge < -0.3 is 5.32 Å². The Morgan fingerprint density at radius 1 is 1.21 bits per heavy atom. The van der Waals surface area contributed by atoms with E-state index >= 15 is 0 Å². The summed E-state index contributed by atoms with van der Waals surface area (Å²) in [5.74, 6) is 0.720. The van der Waals surface area contributed by atoms with Gasteiger partial charge in [0.1, 0.15) is 0 Å². The van der Waals surface area contributed by atoms with Crippen LogP contribution in [0, 0.1) is 5.92 Å². The Morgan fingerprint density at radius 3 is 2.63 bits per heavy atom. The van der Waals surface area contributed by atoms with Crippen LogP contribution in [0.3, 0.4) is 0 Å². The van der Waals surface area contributed by atoms with E-state index in [9.17, 15) is 0 Å². The Morgan fingerprint density at radius 2 is 1.95 bits per heavy atom. The van der Waals surface area contributed by atoms with Crippen molar-refractivity contribution in [3.8, 4) is 0 Å². The van der Waals surface area contributed by atoms with Crippen molar-refractivity contribution in [2.75, 3.05) is 6.54 Å². The van der Waals surface area contributed by atoms with E-state index in [1.54, 1.807) is 0 Å². The highest BCUT2D eigenvalue weighted by molar-refractivity contribution is 7.17. The van der Waals surface area contributed by atoms with Crippen LogP contribution in [0.15, 0.2) is 29.6 Å². The summed E-state index contributed by atoms with van der Waals surface area (Å²) in [5, 5.41) is 7.42. The van der Waals surface area contributed by atoms with E-state index in [-0.39, 0.29) is 5.54 Å². The number of benzene rings is 1. The third-order valence-electron chi connectivity index (χ3n) is 3.57. The molecule has 1 unspecified atom stereocenters. The van der Waals surface area contributed by atoms with E-state index in [1.165, 1.54) is 28.5 Å². The zero-order chi connectivity index (χ0) is 13.9. The maximum absolute atomic E-state index is 3.64. The summed E-state index contributed by atoms with van der Waals surface area (Å²) < 4.78 is 1.41.